The minimum atomic E-state index is 0.226. The SMILES string of the molecule is CCn1ccc(-c2nc(C3CCCCN3)no2)n1. The molecule has 3 heterocycles. The van der Waals surface area contributed by atoms with Gasteiger partial charge in [-0.3, -0.25) is 4.68 Å². The van der Waals surface area contributed by atoms with Gasteiger partial charge in [0, 0.05) is 12.7 Å². The summed E-state index contributed by atoms with van der Waals surface area (Å²) in [5.74, 6) is 1.25. The molecule has 96 valence electrons. The van der Waals surface area contributed by atoms with Crippen molar-refractivity contribution < 1.29 is 4.52 Å². The summed E-state index contributed by atoms with van der Waals surface area (Å²) in [6.45, 7) is 3.91. The number of nitrogens with zero attached hydrogens (tertiary/aromatic N) is 4. The smallest absolute Gasteiger partial charge is 0.278 e. The second-order valence-electron chi connectivity index (χ2n) is 4.52. The number of hydrogen-bond donors (Lipinski definition) is 1. The maximum atomic E-state index is 5.28. The zero-order valence-electron chi connectivity index (χ0n) is 10.5. The van der Waals surface area contributed by atoms with Crippen LogP contribution < -0.4 is 5.32 Å². The molecule has 0 aliphatic carbocycles. The molecule has 6 heteroatoms. The summed E-state index contributed by atoms with van der Waals surface area (Å²) in [5, 5.41) is 11.8. The topological polar surface area (TPSA) is 68.8 Å². The Morgan fingerprint density at radius 1 is 1.50 bits per heavy atom. The summed E-state index contributed by atoms with van der Waals surface area (Å²) in [7, 11) is 0. The van der Waals surface area contributed by atoms with Gasteiger partial charge in [0.2, 0.25) is 0 Å². The normalized spacial score (nSPS) is 20.2. The highest BCUT2D eigenvalue weighted by atomic mass is 16.5. The molecule has 2 aromatic heterocycles. The summed E-state index contributed by atoms with van der Waals surface area (Å²) in [5.41, 5.74) is 0.742. The average Bonchev–Trinajstić information content (AvgIpc) is 3.08. The number of aromatic nitrogens is 4. The summed E-state index contributed by atoms with van der Waals surface area (Å²) in [4.78, 5) is 4.44. The first-order valence-corrected chi connectivity index (χ1v) is 6.47. The molecule has 1 unspecified atom stereocenters. The highest BCUT2D eigenvalue weighted by molar-refractivity contribution is 5.44. The van der Waals surface area contributed by atoms with E-state index in [1.165, 1.54) is 12.8 Å². The number of piperidine rings is 1. The molecule has 1 aliphatic rings. The van der Waals surface area contributed by atoms with Gasteiger partial charge in [-0.2, -0.15) is 10.1 Å². The molecular weight excluding hydrogens is 230 g/mol. The molecule has 0 bridgehead atoms. The molecule has 18 heavy (non-hydrogen) atoms. The Kier molecular flexibility index (Phi) is 3.10. The van der Waals surface area contributed by atoms with Crippen LogP contribution in [0.2, 0.25) is 0 Å². The predicted molar refractivity (Wildman–Crippen MR) is 65.8 cm³/mol. The van der Waals surface area contributed by atoms with Crippen molar-refractivity contribution in [2.24, 2.45) is 0 Å². The molecule has 0 radical (unpaired) electrons. The van der Waals surface area contributed by atoms with Crippen molar-refractivity contribution in [3.63, 3.8) is 0 Å². The molecule has 1 fully saturated rings. The molecule has 0 aromatic carbocycles. The van der Waals surface area contributed by atoms with E-state index in [0.29, 0.717) is 5.89 Å². The third-order valence-electron chi connectivity index (χ3n) is 3.25. The van der Waals surface area contributed by atoms with E-state index in [2.05, 4.69) is 20.6 Å². The van der Waals surface area contributed by atoms with Crippen molar-refractivity contribution in [2.75, 3.05) is 6.54 Å². The van der Waals surface area contributed by atoms with Crippen molar-refractivity contribution >= 4 is 0 Å². The fraction of sp³-hybridized carbons (Fsp3) is 0.583. The van der Waals surface area contributed by atoms with Gasteiger partial charge in [-0.05, 0) is 32.4 Å². The van der Waals surface area contributed by atoms with Gasteiger partial charge in [-0.15, -0.1) is 0 Å². The third-order valence-corrected chi connectivity index (χ3v) is 3.25. The predicted octanol–water partition coefficient (Wildman–Crippen LogP) is 1.77. The minimum absolute atomic E-state index is 0.226. The second kappa shape index (κ2) is 4.89. The lowest BCUT2D eigenvalue weighted by molar-refractivity contribution is 0.366. The van der Waals surface area contributed by atoms with Crippen molar-refractivity contribution in [2.45, 2.75) is 38.8 Å². The number of rotatable bonds is 3. The van der Waals surface area contributed by atoms with Crippen LogP contribution >= 0.6 is 0 Å². The monoisotopic (exact) mass is 247 g/mol. The first-order chi connectivity index (χ1) is 8.86. The van der Waals surface area contributed by atoms with Crippen molar-refractivity contribution in [1.82, 2.24) is 25.2 Å². The average molecular weight is 247 g/mol. The van der Waals surface area contributed by atoms with E-state index in [1.54, 1.807) is 0 Å². The van der Waals surface area contributed by atoms with E-state index in [1.807, 2.05) is 23.9 Å². The quantitative estimate of drug-likeness (QED) is 0.895. The zero-order valence-corrected chi connectivity index (χ0v) is 10.5. The van der Waals surface area contributed by atoms with E-state index in [9.17, 15) is 0 Å². The fourth-order valence-electron chi connectivity index (χ4n) is 2.20. The summed E-state index contributed by atoms with van der Waals surface area (Å²) >= 11 is 0. The lowest BCUT2D eigenvalue weighted by Gasteiger charge is -2.19. The molecular formula is C12H17N5O. The molecule has 3 rings (SSSR count). The fourth-order valence-corrected chi connectivity index (χ4v) is 2.20. The first-order valence-electron chi connectivity index (χ1n) is 6.47. The Hall–Kier alpha value is -1.69. The highest BCUT2D eigenvalue weighted by Gasteiger charge is 2.21. The van der Waals surface area contributed by atoms with Gasteiger partial charge in [0.1, 0.15) is 0 Å². The van der Waals surface area contributed by atoms with Crippen LogP contribution in [0.4, 0.5) is 0 Å². The molecule has 1 N–H and O–H groups in total. The number of aryl methyl sites for hydroxylation is 1. The number of nitrogens with one attached hydrogen (secondary N) is 1. The third kappa shape index (κ3) is 2.15. The van der Waals surface area contributed by atoms with E-state index in [4.69, 9.17) is 4.52 Å². The Morgan fingerprint density at radius 2 is 2.44 bits per heavy atom. The van der Waals surface area contributed by atoms with Crippen molar-refractivity contribution in [3.8, 4) is 11.6 Å². The van der Waals surface area contributed by atoms with Gasteiger partial charge in [0.15, 0.2) is 11.5 Å². The van der Waals surface area contributed by atoms with Crippen LogP contribution in [0.15, 0.2) is 16.8 Å². The van der Waals surface area contributed by atoms with Gasteiger partial charge in [-0.25, -0.2) is 0 Å². The van der Waals surface area contributed by atoms with Gasteiger partial charge < -0.3 is 9.84 Å². The molecule has 0 amide bonds. The highest BCUT2D eigenvalue weighted by Crippen LogP contribution is 2.23. The van der Waals surface area contributed by atoms with Crippen LogP contribution in [0.5, 0.6) is 0 Å². The van der Waals surface area contributed by atoms with Crippen LogP contribution in [0, 0.1) is 0 Å². The Morgan fingerprint density at radius 3 is 3.17 bits per heavy atom. The summed E-state index contributed by atoms with van der Waals surface area (Å²) in [6.07, 6.45) is 5.43. The Bertz CT molecular complexity index is 512. The van der Waals surface area contributed by atoms with Gasteiger partial charge >= 0.3 is 0 Å². The van der Waals surface area contributed by atoms with Crippen molar-refractivity contribution in [3.05, 3.63) is 18.1 Å². The molecule has 0 saturated carbocycles. The minimum Gasteiger partial charge on any atom is -0.332 e. The molecule has 1 atom stereocenters. The van der Waals surface area contributed by atoms with Crippen LogP contribution in [-0.2, 0) is 6.54 Å². The summed E-state index contributed by atoms with van der Waals surface area (Å²) < 4.78 is 7.13. The second-order valence-corrected chi connectivity index (χ2v) is 4.52. The van der Waals surface area contributed by atoms with Crippen molar-refractivity contribution in [1.29, 1.82) is 0 Å². The lowest BCUT2D eigenvalue weighted by Crippen LogP contribution is -2.27. The molecule has 2 aromatic rings. The van der Waals surface area contributed by atoms with E-state index >= 15 is 0 Å². The molecule has 1 saturated heterocycles. The van der Waals surface area contributed by atoms with Crippen LogP contribution in [-0.4, -0.2) is 26.5 Å². The maximum absolute atomic E-state index is 5.28. The van der Waals surface area contributed by atoms with Crippen LogP contribution in [0.25, 0.3) is 11.6 Å². The van der Waals surface area contributed by atoms with Crippen LogP contribution in [0.1, 0.15) is 38.1 Å². The zero-order chi connectivity index (χ0) is 12.4. The Labute approximate surface area is 105 Å². The number of hydrogen-bond acceptors (Lipinski definition) is 5. The first kappa shape index (κ1) is 11.4. The van der Waals surface area contributed by atoms with Gasteiger partial charge in [-0.1, -0.05) is 11.6 Å². The van der Waals surface area contributed by atoms with Gasteiger partial charge in [0.05, 0.1) is 6.04 Å². The van der Waals surface area contributed by atoms with E-state index < -0.39 is 0 Å². The molecule has 0 spiro atoms. The van der Waals surface area contributed by atoms with Gasteiger partial charge in [0.25, 0.3) is 5.89 Å². The maximum Gasteiger partial charge on any atom is 0.278 e. The largest absolute Gasteiger partial charge is 0.332 e. The lowest BCUT2D eigenvalue weighted by atomic mass is 10.0. The molecule has 1 aliphatic heterocycles. The Balaban J connectivity index is 1.79. The van der Waals surface area contributed by atoms with Crippen LogP contribution in [0.3, 0.4) is 0 Å². The molecule has 6 nitrogen and oxygen atoms in total. The standard InChI is InChI=1S/C12H17N5O/c1-2-17-8-6-10(15-17)12-14-11(16-18-12)9-5-3-4-7-13-9/h6,8-9,13H,2-5,7H2,1H3. The van der Waals surface area contributed by atoms with E-state index in [0.717, 1.165) is 31.0 Å². The summed E-state index contributed by atoms with van der Waals surface area (Å²) in [6, 6.07) is 2.12. The van der Waals surface area contributed by atoms with E-state index in [-0.39, 0.29) is 6.04 Å².